The zero-order valence-corrected chi connectivity index (χ0v) is 10.1. The maximum Gasteiger partial charge on any atom is 0.118 e. The van der Waals surface area contributed by atoms with Gasteiger partial charge in [-0.15, -0.1) is 0 Å². The minimum absolute atomic E-state index is 0.487. The molecule has 3 rings (SSSR count). The first-order valence-corrected chi connectivity index (χ1v) is 6.32. The lowest BCUT2D eigenvalue weighted by atomic mass is 9.81. The van der Waals surface area contributed by atoms with Crippen molar-refractivity contribution in [2.24, 2.45) is 0 Å². The smallest absolute Gasteiger partial charge is 0.118 e. The lowest BCUT2D eigenvalue weighted by molar-refractivity contribution is -0.0114. The molecule has 0 aromatic heterocycles. The molecule has 2 unspecified atom stereocenters. The van der Waals surface area contributed by atoms with E-state index in [1.165, 1.54) is 12.8 Å². The van der Waals surface area contributed by atoms with Gasteiger partial charge in [0.1, 0.15) is 5.75 Å². The lowest BCUT2D eigenvalue weighted by Gasteiger charge is -2.37. The van der Waals surface area contributed by atoms with Crippen molar-refractivity contribution in [1.29, 1.82) is 0 Å². The van der Waals surface area contributed by atoms with Crippen LogP contribution in [-0.2, 0) is 5.60 Å². The predicted octanol–water partition coefficient (Wildman–Crippen LogP) is 1.80. The molecule has 2 heterocycles. The Balaban J connectivity index is 1.86. The Morgan fingerprint density at radius 1 is 1.18 bits per heavy atom. The highest BCUT2D eigenvalue weighted by molar-refractivity contribution is 5.32. The van der Waals surface area contributed by atoms with Crippen molar-refractivity contribution in [3.63, 3.8) is 0 Å². The van der Waals surface area contributed by atoms with E-state index >= 15 is 0 Å². The molecule has 3 heteroatoms. The number of hydrogen-bond acceptors (Lipinski definition) is 3. The molecule has 2 bridgehead atoms. The van der Waals surface area contributed by atoms with Crippen LogP contribution < -0.4 is 10.1 Å². The molecule has 92 valence electrons. The van der Waals surface area contributed by atoms with Crippen molar-refractivity contribution in [1.82, 2.24) is 5.32 Å². The molecule has 1 aromatic carbocycles. The second-order valence-corrected chi connectivity index (χ2v) is 5.31. The Morgan fingerprint density at radius 2 is 1.76 bits per heavy atom. The molecule has 3 nitrogen and oxygen atoms in total. The Morgan fingerprint density at radius 3 is 2.29 bits per heavy atom. The van der Waals surface area contributed by atoms with Crippen LogP contribution in [0.4, 0.5) is 0 Å². The topological polar surface area (TPSA) is 41.5 Å². The summed E-state index contributed by atoms with van der Waals surface area (Å²) in [4.78, 5) is 0. The maximum atomic E-state index is 10.8. The van der Waals surface area contributed by atoms with Crippen molar-refractivity contribution < 1.29 is 9.84 Å². The molecule has 0 aliphatic carbocycles. The Bertz CT molecular complexity index is 389. The summed E-state index contributed by atoms with van der Waals surface area (Å²) in [6, 6.07) is 8.81. The van der Waals surface area contributed by atoms with E-state index in [1.807, 2.05) is 24.3 Å². The van der Waals surface area contributed by atoms with Crippen LogP contribution in [-0.4, -0.2) is 24.3 Å². The van der Waals surface area contributed by atoms with Crippen molar-refractivity contribution in [2.75, 3.05) is 7.11 Å². The zero-order chi connectivity index (χ0) is 11.9. The minimum atomic E-state index is -0.649. The molecular weight excluding hydrogens is 214 g/mol. The first-order valence-electron chi connectivity index (χ1n) is 6.32. The minimum Gasteiger partial charge on any atom is -0.497 e. The number of rotatable bonds is 2. The third kappa shape index (κ3) is 1.94. The van der Waals surface area contributed by atoms with Crippen LogP contribution in [0.5, 0.6) is 5.75 Å². The summed E-state index contributed by atoms with van der Waals surface area (Å²) in [5, 5.41) is 14.4. The first kappa shape index (κ1) is 11.1. The van der Waals surface area contributed by atoms with Crippen molar-refractivity contribution in [2.45, 2.75) is 43.4 Å². The molecule has 2 aliphatic rings. The summed E-state index contributed by atoms with van der Waals surface area (Å²) in [6.07, 6.45) is 4.05. The summed E-state index contributed by atoms with van der Waals surface area (Å²) >= 11 is 0. The van der Waals surface area contributed by atoms with Gasteiger partial charge in [-0.2, -0.15) is 0 Å². The van der Waals surface area contributed by atoms with Crippen molar-refractivity contribution in [3.8, 4) is 5.75 Å². The maximum absolute atomic E-state index is 10.8. The normalized spacial score (nSPS) is 35.9. The summed E-state index contributed by atoms with van der Waals surface area (Å²) in [7, 11) is 1.66. The van der Waals surface area contributed by atoms with E-state index in [0.717, 1.165) is 24.2 Å². The second kappa shape index (κ2) is 4.00. The Labute approximate surface area is 102 Å². The molecule has 2 N–H and O–H groups in total. The summed E-state index contributed by atoms with van der Waals surface area (Å²) in [5.74, 6) is 0.842. The fraction of sp³-hybridized carbons (Fsp3) is 0.571. The fourth-order valence-corrected chi connectivity index (χ4v) is 3.26. The SMILES string of the molecule is COc1ccc(C2(O)CC3CCC(C2)N3)cc1. The van der Waals surface area contributed by atoms with E-state index < -0.39 is 5.60 Å². The summed E-state index contributed by atoms with van der Waals surface area (Å²) in [5.41, 5.74) is 0.375. The van der Waals surface area contributed by atoms with E-state index in [9.17, 15) is 5.11 Å². The third-order valence-electron chi connectivity index (χ3n) is 4.13. The quantitative estimate of drug-likeness (QED) is 0.818. The molecule has 17 heavy (non-hydrogen) atoms. The number of aliphatic hydroxyl groups is 1. The van der Waals surface area contributed by atoms with Gasteiger partial charge < -0.3 is 15.2 Å². The second-order valence-electron chi connectivity index (χ2n) is 5.31. The molecular formula is C14H19NO2. The monoisotopic (exact) mass is 233 g/mol. The first-order chi connectivity index (χ1) is 8.19. The van der Waals surface area contributed by atoms with Gasteiger partial charge in [0.15, 0.2) is 0 Å². The molecule has 2 saturated heterocycles. The van der Waals surface area contributed by atoms with Gasteiger partial charge in [-0.3, -0.25) is 0 Å². The van der Waals surface area contributed by atoms with Gasteiger partial charge in [-0.1, -0.05) is 12.1 Å². The van der Waals surface area contributed by atoms with Crippen LogP contribution in [0.2, 0.25) is 0 Å². The van der Waals surface area contributed by atoms with E-state index in [1.54, 1.807) is 7.11 Å². The number of methoxy groups -OCH3 is 1. The van der Waals surface area contributed by atoms with Gasteiger partial charge in [0.2, 0.25) is 0 Å². The average molecular weight is 233 g/mol. The number of fused-ring (bicyclic) bond motifs is 2. The highest BCUT2D eigenvalue weighted by atomic mass is 16.5. The van der Waals surface area contributed by atoms with E-state index in [2.05, 4.69) is 5.32 Å². The molecule has 0 radical (unpaired) electrons. The van der Waals surface area contributed by atoms with Crippen LogP contribution in [0.25, 0.3) is 0 Å². The largest absolute Gasteiger partial charge is 0.497 e. The van der Waals surface area contributed by atoms with Crippen LogP contribution in [0.15, 0.2) is 24.3 Å². The van der Waals surface area contributed by atoms with Crippen LogP contribution in [0.3, 0.4) is 0 Å². The number of hydrogen-bond donors (Lipinski definition) is 2. The Hall–Kier alpha value is -1.06. The molecule has 1 aromatic rings. The number of benzene rings is 1. The molecule has 0 spiro atoms. The molecule has 2 fully saturated rings. The van der Waals surface area contributed by atoms with E-state index in [-0.39, 0.29) is 0 Å². The van der Waals surface area contributed by atoms with Gasteiger partial charge in [-0.25, -0.2) is 0 Å². The highest BCUT2D eigenvalue weighted by Crippen LogP contribution is 2.40. The molecule has 0 amide bonds. The standard InChI is InChI=1S/C14H19NO2/c1-17-13-6-2-10(3-7-13)14(16)8-11-4-5-12(9-14)15-11/h2-3,6-7,11-12,15-16H,4-5,8-9H2,1H3. The zero-order valence-electron chi connectivity index (χ0n) is 10.1. The summed E-state index contributed by atoms with van der Waals surface area (Å²) < 4.78 is 5.15. The number of piperidine rings is 1. The molecule has 0 saturated carbocycles. The fourth-order valence-electron chi connectivity index (χ4n) is 3.26. The average Bonchev–Trinajstić information content (AvgIpc) is 2.69. The van der Waals surface area contributed by atoms with Crippen LogP contribution in [0, 0.1) is 0 Å². The number of nitrogens with one attached hydrogen (secondary N) is 1. The molecule has 2 aliphatic heterocycles. The van der Waals surface area contributed by atoms with Crippen LogP contribution in [0.1, 0.15) is 31.2 Å². The Kier molecular flexibility index (Phi) is 2.60. The van der Waals surface area contributed by atoms with E-state index in [4.69, 9.17) is 4.74 Å². The van der Waals surface area contributed by atoms with Gasteiger partial charge in [0.05, 0.1) is 12.7 Å². The van der Waals surface area contributed by atoms with Crippen molar-refractivity contribution >= 4 is 0 Å². The van der Waals surface area contributed by atoms with Crippen LogP contribution >= 0.6 is 0 Å². The predicted molar refractivity (Wildman–Crippen MR) is 66.1 cm³/mol. The van der Waals surface area contributed by atoms with Gasteiger partial charge in [0.25, 0.3) is 0 Å². The highest BCUT2D eigenvalue weighted by Gasteiger charge is 2.43. The number of ether oxygens (including phenoxy) is 1. The summed E-state index contributed by atoms with van der Waals surface area (Å²) in [6.45, 7) is 0. The van der Waals surface area contributed by atoms with Crippen molar-refractivity contribution in [3.05, 3.63) is 29.8 Å². The third-order valence-corrected chi connectivity index (χ3v) is 4.13. The lowest BCUT2D eigenvalue weighted by Crippen LogP contribution is -2.46. The van der Waals surface area contributed by atoms with Gasteiger partial charge in [0, 0.05) is 12.1 Å². The van der Waals surface area contributed by atoms with Gasteiger partial charge in [-0.05, 0) is 43.4 Å². The van der Waals surface area contributed by atoms with E-state index in [0.29, 0.717) is 12.1 Å². The molecule has 2 atom stereocenters. The van der Waals surface area contributed by atoms with Gasteiger partial charge >= 0.3 is 0 Å².